The van der Waals surface area contributed by atoms with Crippen molar-refractivity contribution in [1.29, 1.82) is 0 Å². The molecular formula is C20H18FN3O2. The number of anilines is 1. The number of para-hydroxylation sites is 2. The fourth-order valence-electron chi connectivity index (χ4n) is 3.40. The number of hydrogen-bond donors (Lipinski definition) is 1. The van der Waals surface area contributed by atoms with Crippen LogP contribution in [0.25, 0.3) is 11.0 Å². The second-order valence-corrected chi connectivity index (χ2v) is 6.13. The van der Waals surface area contributed by atoms with Crippen LogP contribution in [0.5, 0.6) is 0 Å². The number of halogens is 1. The minimum absolute atomic E-state index is 0.281. The lowest BCUT2D eigenvalue weighted by Gasteiger charge is -2.30. The summed E-state index contributed by atoms with van der Waals surface area (Å²) in [6, 6.07) is 13.4. The minimum Gasteiger partial charge on any atom is -0.463 e. The molecule has 0 fully saturated rings. The molecule has 3 aromatic rings. The van der Waals surface area contributed by atoms with E-state index in [4.69, 9.17) is 4.74 Å². The first-order chi connectivity index (χ1) is 12.6. The first-order valence-corrected chi connectivity index (χ1v) is 8.47. The molecule has 2 aromatic carbocycles. The van der Waals surface area contributed by atoms with E-state index in [1.54, 1.807) is 19.1 Å². The Morgan fingerprint density at radius 2 is 1.96 bits per heavy atom. The summed E-state index contributed by atoms with van der Waals surface area (Å²) in [5.41, 5.74) is 3.67. The zero-order valence-corrected chi connectivity index (χ0v) is 14.5. The zero-order chi connectivity index (χ0) is 18.3. The van der Waals surface area contributed by atoms with Crippen LogP contribution in [0, 0.1) is 5.82 Å². The second-order valence-electron chi connectivity index (χ2n) is 6.13. The first kappa shape index (κ1) is 16.3. The summed E-state index contributed by atoms with van der Waals surface area (Å²) >= 11 is 0. The molecule has 1 aromatic heterocycles. The highest BCUT2D eigenvalue weighted by atomic mass is 19.1. The number of carbonyl (C=O) groups is 1. The Bertz CT molecular complexity index is 1020. The van der Waals surface area contributed by atoms with Crippen molar-refractivity contribution in [2.75, 3.05) is 11.9 Å². The Morgan fingerprint density at radius 1 is 1.23 bits per heavy atom. The predicted molar refractivity (Wildman–Crippen MR) is 97.2 cm³/mol. The third-order valence-corrected chi connectivity index (χ3v) is 4.51. The highest BCUT2D eigenvalue weighted by Crippen LogP contribution is 2.39. The van der Waals surface area contributed by atoms with Gasteiger partial charge in [0.05, 0.1) is 29.3 Å². The number of imidazole rings is 1. The van der Waals surface area contributed by atoms with Gasteiger partial charge in [0, 0.05) is 5.70 Å². The lowest BCUT2D eigenvalue weighted by atomic mass is 9.95. The van der Waals surface area contributed by atoms with Crippen molar-refractivity contribution in [3.63, 3.8) is 0 Å². The topological polar surface area (TPSA) is 56.1 Å². The average Bonchev–Trinajstić information content (AvgIpc) is 2.99. The summed E-state index contributed by atoms with van der Waals surface area (Å²) < 4.78 is 20.7. The van der Waals surface area contributed by atoms with E-state index in [1.807, 2.05) is 35.8 Å². The zero-order valence-electron chi connectivity index (χ0n) is 14.5. The number of aromatic nitrogens is 2. The molecule has 0 radical (unpaired) electrons. The molecule has 2 heterocycles. The van der Waals surface area contributed by atoms with E-state index < -0.39 is 12.0 Å². The number of carbonyl (C=O) groups excluding carboxylic acids is 1. The fraction of sp³-hybridized carbons (Fsp3) is 0.200. The van der Waals surface area contributed by atoms with Gasteiger partial charge in [0.15, 0.2) is 0 Å². The molecule has 0 amide bonds. The van der Waals surface area contributed by atoms with Gasteiger partial charge in [-0.05, 0) is 43.7 Å². The van der Waals surface area contributed by atoms with E-state index in [2.05, 4.69) is 10.3 Å². The van der Waals surface area contributed by atoms with Gasteiger partial charge in [0.1, 0.15) is 5.82 Å². The molecule has 1 N–H and O–H groups in total. The maximum Gasteiger partial charge on any atom is 0.338 e. The van der Waals surface area contributed by atoms with Gasteiger partial charge in [-0.25, -0.2) is 14.2 Å². The van der Waals surface area contributed by atoms with E-state index in [0.717, 1.165) is 16.6 Å². The Kier molecular flexibility index (Phi) is 3.95. The SMILES string of the molecule is CCOC(=O)C1=C(C)Nc2nc3ccccc3n2C1c1ccc(F)cc1. The highest BCUT2D eigenvalue weighted by Gasteiger charge is 2.34. The monoisotopic (exact) mass is 351 g/mol. The molecule has 0 aliphatic carbocycles. The van der Waals surface area contributed by atoms with Gasteiger partial charge in [0.25, 0.3) is 0 Å². The average molecular weight is 351 g/mol. The molecular weight excluding hydrogens is 333 g/mol. The quantitative estimate of drug-likeness (QED) is 0.724. The van der Waals surface area contributed by atoms with Crippen molar-refractivity contribution in [2.45, 2.75) is 19.9 Å². The van der Waals surface area contributed by atoms with Crippen LogP contribution < -0.4 is 5.32 Å². The van der Waals surface area contributed by atoms with E-state index in [0.29, 0.717) is 17.2 Å². The third kappa shape index (κ3) is 2.54. The van der Waals surface area contributed by atoms with Gasteiger partial charge < -0.3 is 10.1 Å². The summed E-state index contributed by atoms with van der Waals surface area (Å²) in [5.74, 6) is -0.0712. The summed E-state index contributed by atoms with van der Waals surface area (Å²) in [7, 11) is 0. The van der Waals surface area contributed by atoms with Crippen LogP contribution in [0.2, 0.25) is 0 Å². The van der Waals surface area contributed by atoms with Crippen molar-refractivity contribution in [1.82, 2.24) is 9.55 Å². The van der Waals surface area contributed by atoms with E-state index in [9.17, 15) is 9.18 Å². The van der Waals surface area contributed by atoms with Crippen LogP contribution in [0.4, 0.5) is 10.3 Å². The molecule has 6 heteroatoms. The van der Waals surface area contributed by atoms with Crippen LogP contribution in [0.1, 0.15) is 25.5 Å². The van der Waals surface area contributed by atoms with Crippen LogP contribution in [-0.4, -0.2) is 22.1 Å². The number of benzene rings is 2. The van der Waals surface area contributed by atoms with Gasteiger partial charge in [-0.15, -0.1) is 0 Å². The molecule has 0 saturated carbocycles. The number of nitrogens with one attached hydrogen (secondary N) is 1. The van der Waals surface area contributed by atoms with Crippen LogP contribution in [0.3, 0.4) is 0 Å². The van der Waals surface area contributed by atoms with Crippen molar-refractivity contribution in [2.24, 2.45) is 0 Å². The molecule has 5 nitrogen and oxygen atoms in total. The normalized spacial score (nSPS) is 16.3. The Morgan fingerprint density at radius 3 is 2.69 bits per heavy atom. The number of rotatable bonds is 3. The number of ether oxygens (including phenoxy) is 1. The number of esters is 1. The number of allylic oxidation sites excluding steroid dienone is 1. The Balaban J connectivity index is 1.97. The standard InChI is InChI=1S/C20H18FN3O2/c1-3-26-19(25)17-12(2)22-20-23-15-6-4-5-7-16(15)24(20)18(17)13-8-10-14(21)11-9-13/h4-11,18H,3H2,1-2H3,(H,22,23). The van der Waals surface area contributed by atoms with E-state index in [-0.39, 0.29) is 12.4 Å². The summed E-state index contributed by atoms with van der Waals surface area (Å²) in [4.78, 5) is 17.3. The Hall–Kier alpha value is -3.15. The molecule has 0 saturated heterocycles. The van der Waals surface area contributed by atoms with Crippen molar-refractivity contribution >= 4 is 23.0 Å². The summed E-state index contributed by atoms with van der Waals surface area (Å²) in [5, 5.41) is 3.21. The Labute approximate surface area is 150 Å². The molecule has 1 aliphatic rings. The fourth-order valence-corrected chi connectivity index (χ4v) is 3.40. The van der Waals surface area contributed by atoms with Crippen molar-refractivity contribution < 1.29 is 13.9 Å². The van der Waals surface area contributed by atoms with Crippen LogP contribution >= 0.6 is 0 Å². The van der Waals surface area contributed by atoms with Crippen molar-refractivity contribution in [3.05, 3.63) is 71.2 Å². The molecule has 1 unspecified atom stereocenters. The van der Waals surface area contributed by atoms with Gasteiger partial charge in [-0.2, -0.15) is 0 Å². The minimum atomic E-state index is -0.446. The third-order valence-electron chi connectivity index (χ3n) is 4.51. The van der Waals surface area contributed by atoms with Gasteiger partial charge in [0.2, 0.25) is 5.95 Å². The van der Waals surface area contributed by atoms with Gasteiger partial charge >= 0.3 is 5.97 Å². The number of nitrogens with zero attached hydrogens (tertiary/aromatic N) is 2. The number of fused-ring (bicyclic) bond motifs is 3. The van der Waals surface area contributed by atoms with E-state index in [1.165, 1.54) is 12.1 Å². The predicted octanol–water partition coefficient (Wildman–Crippen LogP) is 4.03. The molecule has 1 atom stereocenters. The first-order valence-electron chi connectivity index (χ1n) is 8.47. The molecule has 0 spiro atoms. The maximum absolute atomic E-state index is 13.5. The molecule has 4 rings (SSSR count). The highest BCUT2D eigenvalue weighted by molar-refractivity contribution is 5.94. The van der Waals surface area contributed by atoms with Crippen LogP contribution in [-0.2, 0) is 9.53 Å². The van der Waals surface area contributed by atoms with Gasteiger partial charge in [-0.1, -0.05) is 24.3 Å². The number of hydrogen-bond acceptors (Lipinski definition) is 4. The summed E-state index contributed by atoms with van der Waals surface area (Å²) in [6.07, 6.45) is 0. The van der Waals surface area contributed by atoms with Crippen LogP contribution in [0.15, 0.2) is 59.8 Å². The maximum atomic E-state index is 13.5. The van der Waals surface area contributed by atoms with E-state index >= 15 is 0 Å². The lowest BCUT2D eigenvalue weighted by molar-refractivity contribution is -0.139. The molecule has 1 aliphatic heterocycles. The second kappa shape index (κ2) is 6.29. The summed E-state index contributed by atoms with van der Waals surface area (Å²) in [6.45, 7) is 3.88. The molecule has 132 valence electrons. The molecule has 26 heavy (non-hydrogen) atoms. The van der Waals surface area contributed by atoms with Crippen molar-refractivity contribution in [3.8, 4) is 0 Å². The largest absolute Gasteiger partial charge is 0.463 e. The molecule has 0 bridgehead atoms. The smallest absolute Gasteiger partial charge is 0.338 e. The lowest BCUT2D eigenvalue weighted by Crippen LogP contribution is -2.29. The van der Waals surface area contributed by atoms with Gasteiger partial charge in [-0.3, -0.25) is 4.57 Å².